The number of fused-ring (bicyclic) bond motifs is 6. The lowest BCUT2D eigenvalue weighted by atomic mass is 10.1. The molecule has 2 unspecified atom stereocenters. The molecule has 598 valence electrons. The van der Waals surface area contributed by atoms with Gasteiger partial charge >= 0.3 is 5.63 Å². The van der Waals surface area contributed by atoms with Crippen LogP contribution in [-0.4, -0.2) is 157 Å². The predicted molar refractivity (Wildman–Crippen MR) is 462 cm³/mol. The lowest BCUT2D eigenvalue weighted by Crippen LogP contribution is -2.41. The maximum Gasteiger partial charge on any atom is 0.336 e. The normalized spacial score (nSPS) is 20.6. The molecule has 14 aliphatic rings. The van der Waals surface area contributed by atoms with Crippen molar-refractivity contribution in [3.8, 4) is 0 Å². The Bertz CT molecular complexity index is 3680. The largest absolute Gasteiger partial charge is 0.423 e. The van der Waals surface area contributed by atoms with Crippen LogP contribution in [-0.2, 0) is 82.9 Å². The summed E-state index contributed by atoms with van der Waals surface area (Å²) >= 11 is 14.1. The van der Waals surface area contributed by atoms with E-state index in [2.05, 4.69) is 160 Å². The van der Waals surface area contributed by atoms with Crippen LogP contribution in [0.1, 0.15) is 117 Å². The Labute approximate surface area is 681 Å². The standard InChI is InChI=1S/C9H6O2.C8H9N.C8H8O.C7H7NO2S.C7H7NS.C6H7NO2.C5H8N2O.C5H5NO2.C5H9NS.C5H11N.C5H10S.C4H8OS.C4H8S2.C4H8S/c10-9-6-5-7-3-1-2-4-8(7)11-9;2*1-2-4-8-6-9-5-7(8)3-1;9-11(10)7-4-2-1-3-6(7)5-8-11;1-2-4-7-6(3-1)5-8-9-7;1-4-2-5(8)7-6(9)3-4;6-4-2-1-3-5(8)7-4;7-4-2-1-3-5(8)6-4;1-2-6-3-4-7-5(1)6;2*1-2-4-6-5-3-1;1-3-6-4-2-5-1;1-2-6-4-3-5-1;1-2-4-5-3-1/h1-6H;1-4,9H,5-6H2;1-4H,5-6H2;1-4,8H,5H2;1-4,8H,5H2;2H,3H2,1H3,(H,7,8,9);1-2,4H,3,6H2,(H,7,8);1-2H,3H2,(H,6,7,8);5H,1-4H2;6H,1-5H2;1-5H2;2*1-4H2;1-4H2. The third kappa shape index (κ3) is 38.9. The van der Waals surface area contributed by atoms with Crippen molar-refractivity contribution in [2.75, 3.05) is 103 Å². The molecule has 20 nitrogen and oxygen atoms in total. The van der Waals surface area contributed by atoms with Crippen molar-refractivity contribution in [3.63, 3.8) is 0 Å². The molecule has 0 bridgehead atoms. The van der Waals surface area contributed by atoms with Crippen LogP contribution in [0.4, 0.5) is 0 Å². The monoisotopic (exact) mass is 1650 g/mol. The summed E-state index contributed by atoms with van der Waals surface area (Å²) in [6.45, 7) is 14.1. The zero-order valence-electron chi connectivity index (χ0n) is 63.3. The number of nitrogens with two attached hydrogens (primary N) is 1. The number of thioether (sulfide) groups is 6. The fourth-order valence-electron chi connectivity index (χ4n) is 11.4. The van der Waals surface area contributed by atoms with Gasteiger partial charge in [-0.15, -0.1) is 11.8 Å². The molecule has 15 heterocycles. The fourth-order valence-corrected chi connectivity index (χ4v) is 19.7. The van der Waals surface area contributed by atoms with Gasteiger partial charge in [0.2, 0.25) is 33.7 Å². The third-order valence-corrected chi connectivity index (χ3v) is 26.7. The van der Waals surface area contributed by atoms with Crippen molar-refractivity contribution < 1.29 is 46.3 Å². The van der Waals surface area contributed by atoms with E-state index in [0.29, 0.717) is 36.3 Å². The Kier molecular flexibility index (Phi) is 46.4. The highest BCUT2D eigenvalue weighted by molar-refractivity contribution is 8.06. The van der Waals surface area contributed by atoms with E-state index in [0.717, 1.165) is 68.0 Å². The number of carbonyl (C=O) groups excluding carboxylic acids is 5. The molecule has 7 saturated heterocycles. The molecule has 20 rings (SSSR count). The van der Waals surface area contributed by atoms with Gasteiger partial charge in [-0.3, -0.25) is 44.2 Å². The highest BCUT2D eigenvalue weighted by atomic mass is 32.2. The quantitative estimate of drug-likeness (QED) is 0.0304. The SMILES string of the molecule is C1CCNCC1.C1CCSC1.C1CCSCC1.C1CN2CCC2S1.C1CSCCO1.C1CSCCS1.CC1=CC(=O)NC(=O)C1.NC1C=CCC(=O)N1.O=C1C=CCC(=O)N1.O=S1(=O)NCc2ccccc21.O=c1ccc2ccccc2o1.c1ccc2c(c1)CNC2.c1ccc2c(c1)CNS2.c1ccc2c(c1)COC2. The Balaban J connectivity index is 0.000000166. The van der Waals surface area contributed by atoms with Gasteiger partial charge in [-0.1, -0.05) is 140 Å². The molecule has 14 aliphatic heterocycles. The van der Waals surface area contributed by atoms with Gasteiger partial charge in [0, 0.05) is 121 Å². The van der Waals surface area contributed by atoms with Gasteiger partial charge in [0.15, 0.2) is 0 Å². The average Bonchev–Trinajstić information content (AvgIpc) is 1.65. The zero-order valence-corrected chi connectivity index (χ0v) is 69.8. The van der Waals surface area contributed by atoms with Crippen molar-refractivity contribution in [3.05, 3.63) is 213 Å². The number of imide groups is 2. The minimum absolute atomic E-state index is 0.000000000000000222. The first-order valence-corrected chi connectivity index (χ1v) is 47.0. The van der Waals surface area contributed by atoms with E-state index in [1.165, 1.54) is 198 Å². The molecule has 0 aliphatic carbocycles. The summed E-state index contributed by atoms with van der Waals surface area (Å²) in [5, 5.41) is 15.3. The molecule has 0 saturated carbocycles. The van der Waals surface area contributed by atoms with Crippen LogP contribution in [0.2, 0.25) is 0 Å². The number of rotatable bonds is 0. The number of hydrogen-bond acceptors (Lipinski definition) is 23. The van der Waals surface area contributed by atoms with Gasteiger partial charge in [-0.25, -0.2) is 17.9 Å². The second-order valence-electron chi connectivity index (χ2n) is 26.1. The first-order chi connectivity index (χ1) is 53.7. The van der Waals surface area contributed by atoms with Crippen LogP contribution >= 0.6 is 82.5 Å². The Hall–Kier alpha value is -5.64. The van der Waals surface area contributed by atoms with Crippen LogP contribution < -0.4 is 47.4 Å². The maximum atomic E-state index is 11.1. The zero-order chi connectivity index (χ0) is 77.9. The van der Waals surface area contributed by atoms with Gasteiger partial charge in [0.05, 0.1) is 42.9 Å². The Morgan fingerprint density at radius 1 is 0.500 bits per heavy atom. The molecule has 110 heavy (non-hydrogen) atoms. The molecule has 0 spiro atoms. The van der Waals surface area contributed by atoms with Gasteiger partial charge in [0.25, 0.3) is 5.91 Å². The molecular formula is C82H111N9O11S8. The predicted octanol–water partition coefficient (Wildman–Crippen LogP) is 13.1. The lowest BCUT2D eigenvalue weighted by molar-refractivity contribution is -0.130. The van der Waals surface area contributed by atoms with E-state index in [4.69, 9.17) is 19.6 Å². The number of nitrogens with zero attached hydrogens (tertiary/aromatic N) is 1. The van der Waals surface area contributed by atoms with Crippen molar-refractivity contribution in [2.24, 2.45) is 5.73 Å². The summed E-state index contributed by atoms with van der Waals surface area (Å²) in [6, 6.07) is 42.9. The van der Waals surface area contributed by atoms with E-state index in [9.17, 15) is 37.2 Å². The van der Waals surface area contributed by atoms with Crippen molar-refractivity contribution in [1.29, 1.82) is 0 Å². The topological polar surface area (TPSA) is 282 Å². The summed E-state index contributed by atoms with van der Waals surface area (Å²) in [4.78, 5) is 67.0. The van der Waals surface area contributed by atoms with E-state index in [-0.39, 0.29) is 41.3 Å². The molecule has 9 N–H and O–H groups in total. The first-order valence-electron chi connectivity index (χ1n) is 37.9. The van der Waals surface area contributed by atoms with E-state index in [1.54, 1.807) is 61.4 Å². The number of sulfonamides is 1. The Morgan fingerprint density at radius 2 is 1.06 bits per heavy atom. The van der Waals surface area contributed by atoms with Crippen LogP contribution in [0.15, 0.2) is 188 Å². The second-order valence-corrected chi connectivity index (χ2v) is 36.2. The summed E-state index contributed by atoms with van der Waals surface area (Å²) in [7, 11) is -3.16. The lowest BCUT2D eigenvalue weighted by Gasteiger charge is -2.33. The molecule has 5 aromatic carbocycles. The van der Waals surface area contributed by atoms with Crippen LogP contribution in [0.3, 0.4) is 0 Å². The summed E-state index contributed by atoms with van der Waals surface area (Å²) in [6.07, 6.45) is 21.7. The number of nitrogens with one attached hydrogen (secondary N) is 7. The van der Waals surface area contributed by atoms with Gasteiger partial charge in [0.1, 0.15) is 5.58 Å². The molecule has 0 radical (unpaired) electrons. The first kappa shape index (κ1) is 91.5. The molecule has 1 aromatic heterocycles. The number of para-hydroxylation sites is 1. The molecular weight excluding hydrogens is 1540 g/mol. The average molecular weight is 1660 g/mol. The number of hydrogen-bond donors (Lipinski definition) is 8. The summed E-state index contributed by atoms with van der Waals surface area (Å²) in [5.74, 6) is 13.9. The maximum absolute atomic E-state index is 11.1. The van der Waals surface area contributed by atoms with Crippen LogP contribution in [0.25, 0.3) is 11.0 Å². The number of ether oxygens (including phenoxy) is 2. The van der Waals surface area contributed by atoms with Crippen molar-refractivity contribution in [1.82, 2.24) is 40.9 Å². The highest BCUT2D eigenvalue weighted by Gasteiger charge is 2.32. The Morgan fingerprint density at radius 3 is 1.52 bits per heavy atom. The van der Waals surface area contributed by atoms with E-state index >= 15 is 0 Å². The molecule has 28 heteroatoms. The number of benzene rings is 5. The molecule has 2 atom stereocenters. The van der Waals surface area contributed by atoms with Gasteiger partial charge in [-0.2, -0.15) is 58.8 Å². The van der Waals surface area contributed by atoms with Crippen molar-refractivity contribution in [2.45, 2.75) is 145 Å². The van der Waals surface area contributed by atoms with E-state index < -0.39 is 10.0 Å². The third-order valence-electron chi connectivity index (χ3n) is 17.3. The number of piperidine rings is 1. The minimum Gasteiger partial charge on any atom is -0.423 e. The summed E-state index contributed by atoms with van der Waals surface area (Å²) < 4.78 is 43.1. The smallest absolute Gasteiger partial charge is 0.336 e. The summed E-state index contributed by atoms with van der Waals surface area (Å²) in [5.41, 5.74) is 14.3. The molecule has 7 fully saturated rings. The molecule has 5 amide bonds. The van der Waals surface area contributed by atoms with Crippen LogP contribution in [0.5, 0.6) is 0 Å². The number of amides is 5. The fraction of sp³-hybridized carbons (Fsp3) is 0.463. The van der Waals surface area contributed by atoms with Crippen LogP contribution in [0, 0.1) is 0 Å². The highest BCUT2D eigenvalue weighted by Crippen LogP contribution is 2.33. The second kappa shape index (κ2) is 55.8. The number of carbonyl (C=O) groups is 5. The van der Waals surface area contributed by atoms with Gasteiger partial charge < -0.3 is 35.6 Å². The van der Waals surface area contributed by atoms with Crippen molar-refractivity contribution >= 4 is 133 Å². The molecule has 6 aromatic rings. The van der Waals surface area contributed by atoms with Gasteiger partial charge in [-0.05, 0) is 164 Å². The van der Waals surface area contributed by atoms with E-state index in [1.807, 2.05) is 54.2 Å². The minimum atomic E-state index is -3.16.